The number of imidazole rings is 1. The summed E-state index contributed by atoms with van der Waals surface area (Å²) in [5, 5.41) is 19.3. The van der Waals surface area contributed by atoms with Gasteiger partial charge in [-0.2, -0.15) is 8.42 Å². The number of fused-ring (bicyclic) bond motifs is 1. The molecule has 3 aromatic rings. The number of carbonyl (C=O) groups is 2. The van der Waals surface area contributed by atoms with Crippen LogP contribution in [0.15, 0.2) is 60.0 Å². The van der Waals surface area contributed by atoms with Crippen LogP contribution in [0.1, 0.15) is 66.3 Å². The lowest BCUT2D eigenvalue weighted by molar-refractivity contribution is -0.0177. The summed E-state index contributed by atoms with van der Waals surface area (Å²) >= 11 is 0. The van der Waals surface area contributed by atoms with Gasteiger partial charge in [-0.05, 0) is 76.1 Å². The molecule has 0 bridgehead atoms. The third kappa shape index (κ3) is 9.78. The first kappa shape index (κ1) is 36.8. The molecule has 1 aliphatic rings. The lowest BCUT2D eigenvalue weighted by Gasteiger charge is -2.36. The van der Waals surface area contributed by atoms with Crippen LogP contribution in [0.5, 0.6) is 5.75 Å². The quantitative estimate of drug-likeness (QED) is 0.286. The minimum atomic E-state index is -4.02. The lowest BCUT2D eigenvalue weighted by atomic mass is 10.0. The topological polar surface area (TPSA) is 164 Å². The summed E-state index contributed by atoms with van der Waals surface area (Å²) in [7, 11) is -0.386. The van der Waals surface area contributed by atoms with E-state index in [1.807, 2.05) is 20.9 Å². The number of anilines is 1. The smallest absolute Gasteiger partial charge is 0.335 e. The van der Waals surface area contributed by atoms with Crippen LogP contribution in [-0.2, 0) is 28.4 Å². The van der Waals surface area contributed by atoms with Crippen molar-refractivity contribution in [3.8, 4) is 5.75 Å². The van der Waals surface area contributed by atoms with Crippen molar-refractivity contribution in [2.75, 3.05) is 38.1 Å². The molecule has 4 atom stereocenters. The van der Waals surface area contributed by atoms with Crippen molar-refractivity contribution >= 4 is 27.6 Å². The predicted molar refractivity (Wildman–Crippen MR) is 181 cm³/mol. The number of carboxylic acid groups (broad SMARTS) is 1. The van der Waals surface area contributed by atoms with Crippen LogP contribution in [0, 0.1) is 5.92 Å². The molecular formula is C34H47N5O8S. The first-order chi connectivity index (χ1) is 22.8. The molecule has 48 heavy (non-hydrogen) atoms. The van der Waals surface area contributed by atoms with E-state index in [-0.39, 0.29) is 53.1 Å². The summed E-state index contributed by atoms with van der Waals surface area (Å²) in [5.41, 5.74) is 1.54. The van der Waals surface area contributed by atoms with Crippen molar-refractivity contribution < 1.29 is 37.7 Å². The van der Waals surface area contributed by atoms with E-state index in [4.69, 9.17) is 9.47 Å². The Morgan fingerprint density at radius 1 is 1.17 bits per heavy atom. The molecule has 1 amide bonds. The van der Waals surface area contributed by atoms with Crippen molar-refractivity contribution in [3.63, 3.8) is 0 Å². The Kier molecular flexibility index (Phi) is 12.6. The van der Waals surface area contributed by atoms with Gasteiger partial charge in [-0.1, -0.05) is 19.1 Å². The Morgan fingerprint density at radius 2 is 1.90 bits per heavy atom. The van der Waals surface area contributed by atoms with Crippen LogP contribution in [0.3, 0.4) is 0 Å². The first-order valence-electron chi connectivity index (χ1n) is 16.1. The van der Waals surface area contributed by atoms with Crippen LogP contribution in [0.2, 0.25) is 0 Å². The molecule has 13 nitrogen and oxygen atoms in total. The normalized spacial score (nSPS) is 20.4. The van der Waals surface area contributed by atoms with Crippen LogP contribution in [0.4, 0.5) is 5.69 Å². The second-order valence-electron chi connectivity index (χ2n) is 12.7. The molecule has 14 heteroatoms. The van der Waals surface area contributed by atoms with Crippen molar-refractivity contribution in [1.82, 2.24) is 19.4 Å². The van der Waals surface area contributed by atoms with Gasteiger partial charge in [0.25, 0.3) is 15.9 Å². The second-order valence-corrected chi connectivity index (χ2v) is 14.3. The van der Waals surface area contributed by atoms with Gasteiger partial charge in [-0.15, -0.1) is 0 Å². The maximum Gasteiger partial charge on any atom is 0.335 e. The number of carbonyl (C=O) groups excluding carboxylic acids is 1. The van der Waals surface area contributed by atoms with Gasteiger partial charge in [0.05, 0.1) is 42.3 Å². The maximum absolute atomic E-state index is 14.3. The molecule has 1 aromatic heterocycles. The van der Waals surface area contributed by atoms with E-state index in [0.717, 1.165) is 18.4 Å². The number of hydrogen-bond donors (Lipinski definition) is 3. The zero-order valence-corrected chi connectivity index (χ0v) is 29.0. The molecule has 0 spiro atoms. The molecule has 1 aliphatic heterocycles. The number of hydrogen-bond acceptors (Lipinski definition) is 9. The molecule has 4 rings (SSSR count). The lowest BCUT2D eigenvalue weighted by Crippen LogP contribution is -2.47. The van der Waals surface area contributed by atoms with Crippen LogP contribution in [0.25, 0.3) is 0 Å². The van der Waals surface area contributed by atoms with Gasteiger partial charge >= 0.3 is 5.97 Å². The summed E-state index contributed by atoms with van der Waals surface area (Å²) in [6.07, 6.45) is 4.65. The summed E-state index contributed by atoms with van der Waals surface area (Å²) in [6, 6.07) is 10.8. The number of nitrogens with one attached hydrogen (secondary N) is 1. The van der Waals surface area contributed by atoms with Gasteiger partial charge in [0.2, 0.25) is 0 Å². The number of nitrogens with zero attached hydrogens (tertiary/aromatic N) is 4. The number of aryl methyl sites for hydroxylation is 1. The number of ether oxygens (including phenoxy) is 2. The minimum Gasteiger partial charge on any atom is -0.490 e. The molecule has 2 heterocycles. The highest BCUT2D eigenvalue weighted by molar-refractivity contribution is 7.92. The van der Waals surface area contributed by atoms with Crippen molar-refractivity contribution in [1.29, 1.82) is 0 Å². The van der Waals surface area contributed by atoms with Crippen molar-refractivity contribution in [2.24, 2.45) is 13.0 Å². The highest BCUT2D eigenvalue weighted by atomic mass is 32.2. The van der Waals surface area contributed by atoms with Gasteiger partial charge in [-0.3, -0.25) is 14.4 Å². The van der Waals surface area contributed by atoms with Crippen LogP contribution >= 0.6 is 0 Å². The summed E-state index contributed by atoms with van der Waals surface area (Å²) in [4.78, 5) is 33.2. The molecule has 3 N–H and O–H groups in total. The Morgan fingerprint density at radius 3 is 2.54 bits per heavy atom. The third-order valence-corrected chi connectivity index (χ3v) is 9.67. The number of amides is 1. The van der Waals surface area contributed by atoms with E-state index in [2.05, 4.69) is 14.6 Å². The number of sulfonamides is 1. The molecule has 2 aromatic carbocycles. The summed E-state index contributed by atoms with van der Waals surface area (Å²) in [5.74, 6) is -1.21. The van der Waals surface area contributed by atoms with Gasteiger partial charge in [0.15, 0.2) is 5.03 Å². The standard InChI is InChI=1S/C34H47N5O8S/c1-23-17-39(24(2)21-40)33(41)29-16-28(36-48(44,45)32-20-38(5)22-35-32)13-14-30(29)47-25(3)8-6-7-15-46-31(23)19-37(4)18-26-9-11-27(12-10-26)34(42)43/h9-14,16,20,22-25,31,36,40H,6-8,15,17-19,21H2,1-5H3,(H,42,43)/t23-,24-,25+,31-/m1/s1. The van der Waals surface area contributed by atoms with Crippen LogP contribution in [-0.4, -0.2) is 101 Å². The second kappa shape index (κ2) is 16.4. The van der Waals surface area contributed by atoms with Gasteiger partial charge in [-0.25, -0.2) is 9.78 Å². The number of rotatable bonds is 10. The summed E-state index contributed by atoms with van der Waals surface area (Å²) in [6.45, 7) is 7.31. The first-order valence-corrected chi connectivity index (χ1v) is 17.6. The largest absolute Gasteiger partial charge is 0.490 e. The molecule has 0 saturated carbocycles. The molecule has 0 unspecified atom stereocenters. The highest BCUT2D eigenvalue weighted by Crippen LogP contribution is 2.29. The molecule has 262 valence electrons. The fourth-order valence-electron chi connectivity index (χ4n) is 5.62. The number of carboxylic acids is 1. The molecule has 0 fully saturated rings. The van der Waals surface area contributed by atoms with Gasteiger partial charge < -0.3 is 29.2 Å². The monoisotopic (exact) mass is 685 g/mol. The molecule has 0 aliphatic carbocycles. The van der Waals surface area contributed by atoms with Gasteiger partial charge in [0, 0.05) is 51.1 Å². The molecule has 0 saturated heterocycles. The van der Waals surface area contributed by atoms with E-state index >= 15 is 0 Å². The zero-order chi connectivity index (χ0) is 35.0. The zero-order valence-electron chi connectivity index (χ0n) is 28.2. The van der Waals surface area contributed by atoms with E-state index in [9.17, 15) is 28.2 Å². The van der Waals surface area contributed by atoms with Gasteiger partial charge in [0.1, 0.15) is 5.75 Å². The summed E-state index contributed by atoms with van der Waals surface area (Å²) < 4.78 is 42.8. The number of aliphatic hydroxyl groups excluding tert-OH is 1. The Hall–Kier alpha value is -3.98. The third-order valence-electron chi connectivity index (χ3n) is 8.41. The number of benzene rings is 2. The SMILES string of the molecule is C[C@@H]1CN([C@H](C)CO)C(=O)c2cc(NS(=O)(=O)c3cn(C)cn3)ccc2O[C@@H](C)CCCCO[C@@H]1CN(C)Cc1ccc(C(=O)O)cc1. The van der Waals surface area contributed by atoms with E-state index < -0.39 is 27.9 Å². The molecular weight excluding hydrogens is 638 g/mol. The number of likely N-dealkylation sites (N-methyl/N-ethyl adjacent to an activating group) is 1. The van der Waals surface area contributed by atoms with Crippen LogP contribution < -0.4 is 9.46 Å². The number of aromatic carboxylic acids is 1. The van der Waals surface area contributed by atoms with Crippen molar-refractivity contribution in [2.45, 2.75) is 69.9 Å². The highest BCUT2D eigenvalue weighted by Gasteiger charge is 2.31. The number of aromatic nitrogens is 2. The van der Waals surface area contributed by atoms with E-state index in [1.54, 1.807) is 55.3 Å². The van der Waals surface area contributed by atoms with E-state index in [1.165, 1.54) is 23.2 Å². The predicted octanol–water partition coefficient (Wildman–Crippen LogP) is 3.85. The average Bonchev–Trinajstić information content (AvgIpc) is 3.49. The Bertz CT molecular complexity index is 1650. The number of aliphatic hydroxyl groups is 1. The minimum absolute atomic E-state index is 0.154. The Balaban J connectivity index is 1.61. The average molecular weight is 686 g/mol. The fourth-order valence-corrected chi connectivity index (χ4v) is 6.65. The maximum atomic E-state index is 14.3. The van der Waals surface area contributed by atoms with Crippen molar-refractivity contribution in [3.05, 3.63) is 71.7 Å². The van der Waals surface area contributed by atoms with E-state index in [0.29, 0.717) is 31.9 Å². The Labute approximate surface area is 282 Å². The fraction of sp³-hybridized carbons (Fsp3) is 0.500. The molecule has 0 radical (unpaired) electrons.